The van der Waals surface area contributed by atoms with Gasteiger partial charge in [-0.3, -0.25) is 9.89 Å². The predicted octanol–water partition coefficient (Wildman–Crippen LogP) is 3.16. The van der Waals surface area contributed by atoms with Crippen molar-refractivity contribution in [2.24, 2.45) is 0 Å². The van der Waals surface area contributed by atoms with Crippen LogP contribution in [0.4, 0.5) is 5.69 Å². The number of aromatic nitrogens is 2. The molecule has 0 fully saturated rings. The van der Waals surface area contributed by atoms with Crippen molar-refractivity contribution in [1.82, 2.24) is 10.2 Å². The van der Waals surface area contributed by atoms with Gasteiger partial charge in [0.1, 0.15) is 5.75 Å². The topological polar surface area (TPSA) is 67.0 Å². The molecule has 0 saturated heterocycles. The van der Waals surface area contributed by atoms with Crippen LogP contribution in [0.3, 0.4) is 0 Å². The summed E-state index contributed by atoms with van der Waals surface area (Å²) in [4.78, 5) is 13.0. The van der Waals surface area contributed by atoms with Gasteiger partial charge in [-0.2, -0.15) is 5.10 Å². The Morgan fingerprint density at radius 1 is 1.33 bits per heavy atom. The fourth-order valence-corrected chi connectivity index (χ4v) is 2.75. The van der Waals surface area contributed by atoms with E-state index in [0.717, 1.165) is 27.7 Å². The summed E-state index contributed by atoms with van der Waals surface area (Å²) in [6, 6.07) is 7.36. The molecule has 1 heterocycles. The molecule has 0 spiro atoms. The molecule has 0 aliphatic carbocycles. The number of rotatable bonds is 6. The number of thioether (sulfide) groups is 1. The van der Waals surface area contributed by atoms with Gasteiger partial charge in [-0.05, 0) is 45.0 Å². The lowest BCUT2D eigenvalue weighted by atomic mass is 10.3. The van der Waals surface area contributed by atoms with Crippen molar-refractivity contribution in [1.29, 1.82) is 0 Å². The van der Waals surface area contributed by atoms with Crippen molar-refractivity contribution in [3.05, 3.63) is 35.7 Å². The zero-order valence-corrected chi connectivity index (χ0v) is 13.2. The summed E-state index contributed by atoms with van der Waals surface area (Å²) in [6.07, 6.45) is 0. The van der Waals surface area contributed by atoms with Crippen LogP contribution in [0, 0.1) is 13.8 Å². The van der Waals surface area contributed by atoms with E-state index in [1.807, 2.05) is 45.0 Å². The second kappa shape index (κ2) is 7.17. The van der Waals surface area contributed by atoms with E-state index in [0.29, 0.717) is 12.4 Å². The number of benzene rings is 1. The molecule has 21 heavy (non-hydrogen) atoms. The van der Waals surface area contributed by atoms with Crippen LogP contribution in [-0.4, -0.2) is 28.5 Å². The molecule has 0 bridgehead atoms. The number of ether oxygens (including phenoxy) is 1. The van der Waals surface area contributed by atoms with E-state index in [2.05, 4.69) is 15.5 Å². The molecule has 0 unspecified atom stereocenters. The maximum atomic E-state index is 11.9. The SMILES string of the molecule is CCOc1ccc(NC(=O)CSc2c(C)n[nH]c2C)cc1. The highest BCUT2D eigenvalue weighted by Crippen LogP contribution is 2.24. The Bertz CT molecular complexity index is 588. The number of aryl methyl sites for hydroxylation is 2. The number of aromatic amines is 1. The van der Waals surface area contributed by atoms with Crippen molar-refractivity contribution in [2.45, 2.75) is 25.7 Å². The summed E-state index contributed by atoms with van der Waals surface area (Å²) in [5.41, 5.74) is 2.68. The molecule has 5 nitrogen and oxygen atoms in total. The zero-order chi connectivity index (χ0) is 15.2. The van der Waals surface area contributed by atoms with Crippen molar-refractivity contribution in [3.8, 4) is 5.75 Å². The Kier molecular flexibility index (Phi) is 5.27. The number of nitrogens with zero attached hydrogens (tertiary/aromatic N) is 1. The lowest BCUT2D eigenvalue weighted by molar-refractivity contribution is -0.113. The van der Waals surface area contributed by atoms with Gasteiger partial charge in [0.2, 0.25) is 5.91 Å². The van der Waals surface area contributed by atoms with E-state index in [1.165, 1.54) is 11.8 Å². The second-order valence-electron chi connectivity index (χ2n) is 4.56. The smallest absolute Gasteiger partial charge is 0.234 e. The molecule has 2 N–H and O–H groups in total. The lowest BCUT2D eigenvalue weighted by Crippen LogP contribution is -2.14. The Labute approximate surface area is 128 Å². The first-order valence-corrected chi connectivity index (χ1v) is 7.75. The molecule has 0 aliphatic rings. The largest absolute Gasteiger partial charge is 0.494 e. The van der Waals surface area contributed by atoms with Gasteiger partial charge in [-0.15, -0.1) is 11.8 Å². The monoisotopic (exact) mass is 305 g/mol. The van der Waals surface area contributed by atoms with Gasteiger partial charge in [0.05, 0.1) is 22.9 Å². The Hall–Kier alpha value is -1.95. The van der Waals surface area contributed by atoms with Crippen molar-refractivity contribution in [3.63, 3.8) is 0 Å². The van der Waals surface area contributed by atoms with Crippen molar-refractivity contribution < 1.29 is 9.53 Å². The van der Waals surface area contributed by atoms with Gasteiger partial charge in [-0.25, -0.2) is 0 Å². The first kappa shape index (κ1) is 15.4. The molecule has 1 amide bonds. The normalized spacial score (nSPS) is 10.4. The van der Waals surface area contributed by atoms with Gasteiger partial charge in [-0.1, -0.05) is 0 Å². The molecule has 0 radical (unpaired) electrons. The number of amides is 1. The average molecular weight is 305 g/mol. The molecule has 0 atom stereocenters. The number of hydrogen-bond acceptors (Lipinski definition) is 4. The average Bonchev–Trinajstić information content (AvgIpc) is 2.78. The quantitative estimate of drug-likeness (QED) is 0.805. The second-order valence-corrected chi connectivity index (χ2v) is 5.54. The number of carbonyl (C=O) groups is 1. The fraction of sp³-hybridized carbons (Fsp3) is 0.333. The van der Waals surface area contributed by atoms with E-state index in [1.54, 1.807) is 0 Å². The molecular weight excluding hydrogens is 286 g/mol. The maximum absolute atomic E-state index is 11.9. The molecule has 6 heteroatoms. The third kappa shape index (κ3) is 4.26. The molecule has 2 aromatic rings. The third-order valence-electron chi connectivity index (χ3n) is 2.86. The third-order valence-corrected chi connectivity index (χ3v) is 4.15. The molecule has 2 rings (SSSR count). The highest BCUT2D eigenvalue weighted by Gasteiger charge is 2.10. The lowest BCUT2D eigenvalue weighted by Gasteiger charge is -2.07. The minimum Gasteiger partial charge on any atom is -0.494 e. The molecule has 112 valence electrons. The van der Waals surface area contributed by atoms with Crippen LogP contribution in [0.2, 0.25) is 0 Å². The Morgan fingerprint density at radius 2 is 2.05 bits per heavy atom. The standard InChI is InChI=1S/C15H19N3O2S/c1-4-20-13-7-5-12(6-8-13)16-14(19)9-21-15-10(2)17-18-11(15)3/h5-8H,4,9H2,1-3H3,(H,16,19)(H,17,18). The van der Waals surface area contributed by atoms with Gasteiger partial charge >= 0.3 is 0 Å². The Balaban J connectivity index is 1.87. The highest BCUT2D eigenvalue weighted by molar-refractivity contribution is 8.00. The summed E-state index contributed by atoms with van der Waals surface area (Å²) in [6.45, 7) is 6.45. The molecule has 0 saturated carbocycles. The van der Waals surface area contributed by atoms with E-state index in [-0.39, 0.29) is 5.91 Å². The summed E-state index contributed by atoms with van der Waals surface area (Å²) < 4.78 is 5.36. The Morgan fingerprint density at radius 3 is 2.62 bits per heavy atom. The van der Waals surface area contributed by atoms with Crippen LogP contribution in [0.5, 0.6) is 5.75 Å². The summed E-state index contributed by atoms with van der Waals surface area (Å²) in [7, 11) is 0. The van der Waals surface area contributed by atoms with E-state index in [9.17, 15) is 4.79 Å². The predicted molar refractivity (Wildman–Crippen MR) is 85.0 cm³/mol. The van der Waals surface area contributed by atoms with E-state index >= 15 is 0 Å². The van der Waals surface area contributed by atoms with Gasteiger partial charge in [0, 0.05) is 11.4 Å². The number of hydrogen-bond donors (Lipinski definition) is 2. The maximum Gasteiger partial charge on any atom is 0.234 e. The first-order chi connectivity index (χ1) is 10.1. The fourth-order valence-electron chi connectivity index (χ4n) is 1.89. The van der Waals surface area contributed by atoms with Gasteiger partial charge in [0.25, 0.3) is 0 Å². The summed E-state index contributed by atoms with van der Waals surface area (Å²) >= 11 is 1.49. The highest BCUT2D eigenvalue weighted by atomic mass is 32.2. The number of anilines is 1. The molecular formula is C15H19N3O2S. The van der Waals surface area contributed by atoms with Crippen LogP contribution in [0.1, 0.15) is 18.3 Å². The van der Waals surface area contributed by atoms with Gasteiger partial charge in [0.15, 0.2) is 0 Å². The minimum absolute atomic E-state index is 0.0378. The zero-order valence-electron chi connectivity index (χ0n) is 12.4. The van der Waals surface area contributed by atoms with Crippen LogP contribution < -0.4 is 10.1 Å². The van der Waals surface area contributed by atoms with E-state index in [4.69, 9.17) is 4.74 Å². The van der Waals surface area contributed by atoms with Crippen molar-refractivity contribution >= 4 is 23.4 Å². The summed E-state index contributed by atoms with van der Waals surface area (Å²) in [5, 5.41) is 9.89. The first-order valence-electron chi connectivity index (χ1n) is 6.77. The van der Waals surface area contributed by atoms with E-state index < -0.39 is 0 Å². The number of carbonyl (C=O) groups excluding carboxylic acids is 1. The van der Waals surface area contributed by atoms with Crippen LogP contribution in [-0.2, 0) is 4.79 Å². The molecule has 0 aliphatic heterocycles. The number of nitrogens with one attached hydrogen (secondary N) is 2. The molecule has 1 aromatic carbocycles. The van der Waals surface area contributed by atoms with Crippen LogP contribution in [0.25, 0.3) is 0 Å². The van der Waals surface area contributed by atoms with Crippen LogP contribution >= 0.6 is 11.8 Å². The number of H-pyrrole nitrogens is 1. The van der Waals surface area contributed by atoms with Crippen LogP contribution in [0.15, 0.2) is 29.2 Å². The van der Waals surface area contributed by atoms with Crippen molar-refractivity contribution in [2.75, 3.05) is 17.7 Å². The summed E-state index contributed by atoms with van der Waals surface area (Å²) in [5.74, 6) is 1.12. The minimum atomic E-state index is -0.0378. The molecule has 1 aromatic heterocycles. The van der Waals surface area contributed by atoms with Gasteiger partial charge < -0.3 is 10.1 Å².